The van der Waals surface area contributed by atoms with Crippen LogP contribution in [-0.2, 0) is 16.0 Å². The number of rotatable bonds is 4. The minimum atomic E-state index is -0.928. The third kappa shape index (κ3) is 2.83. The molecule has 1 rings (SSSR count). The van der Waals surface area contributed by atoms with Crippen LogP contribution in [0.3, 0.4) is 0 Å². The van der Waals surface area contributed by atoms with Gasteiger partial charge in [0.2, 0.25) is 0 Å². The molecule has 4 heteroatoms. The molecule has 1 N–H and O–H groups in total. The maximum Gasteiger partial charge on any atom is 0.307 e. The van der Waals surface area contributed by atoms with Gasteiger partial charge >= 0.3 is 5.97 Å². The van der Waals surface area contributed by atoms with E-state index in [4.69, 9.17) is 16.7 Å². The minimum Gasteiger partial charge on any atom is -0.481 e. The van der Waals surface area contributed by atoms with Gasteiger partial charge in [-0.3, -0.25) is 9.59 Å². The summed E-state index contributed by atoms with van der Waals surface area (Å²) in [4.78, 5) is 22.0. The number of ketones is 1. The van der Waals surface area contributed by atoms with Crippen molar-refractivity contribution in [2.24, 2.45) is 0 Å². The molecule has 0 aliphatic heterocycles. The van der Waals surface area contributed by atoms with Crippen LogP contribution in [0.25, 0.3) is 0 Å². The van der Waals surface area contributed by atoms with Crippen LogP contribution in [0.1, 0.15) is 29.0 Å². The Bertz CT molecular complexity index is 426. The Morgan fingerprint density at radius 3 is 2.56 bits per heavy atom. The minimum absolute atomic E-state index is 0.113. The van der Waals surface area contributed by atoms with Crippen molar-refractivity contribution in [1.29, 1.82) is 0 Å². The molecule has 0 bridgehead atoms. The van der Waals surface area contributed by atoms with Gasteiger partial charge < -0.3 is 5.11 Å². The van der Waals surface area contributed by atoms with Crippen molar-refractivity contribution in [3.8, 4) is 0 Å². The van der Waals surface area contributed by atoms with E-state index in [1.54, 1.807) is 12.1 Å². The molecule has 16 heavy (non-hydrogen) atoms. The fraction of sp³-hybridized carbons (Fsp3) is 0.333. The lowest BCUT2D eigenvalue weighted by Crippen LogP contribution is -2.10. The van der Waals surface area contributed by atoms with E-state index < -0.39 is 11.3 Å². The second kappa shape index (κ2) is 5.12. The highest BCUT2D eigenvalue weighted by molar-refractivity contribution is 6.31. The number of aryl methyl sites for hydroxylation is 1. The Labute approximate surface area is 99.0 Å². The monoisotopic (exact) mass is 240 g/mol. The summed E-state index contributed by atoms with van der Waals surface area (Å²) in [7, 11) is 0. The summed E-state index contributed by atoms with van der Waals surface area (Å²) in [5.41, 5.74) is 2.06. The number of Topliss-reactive ketones (excluding diaryl/α,β-unsaturated/α-hetero) is 1. The SMILES string of the molecule is CC(=O)C(Cl)c1cccc(C)c1CC(=O)O. The molecule has 0 spiro atoms. The van der Waals surface area contributed by atoms with Gasteiger partial charge in [0.1, 0.15) is 5.38 Å². The molecule has 0 aromatic heterocycles. The highest BCUT2D eigenvalue weighted by Crippen LogP contribution is 2.27. The second-order valence-electron chi connectivity index (χ2n) is 3.69. The van der Waals surface area contributed by atoms with Crippen molar-refractivity contribution < 1.29 is 14.7 Å². The maximum absolute atomic E-state index is 11.2. The number of hydrogen-bond acceptors (Lipinski definition) is 2. The molecule has 3 nitrogen and oxygen atoms in total. The fourth-order valence-corrected chi connectivity index (χ4v) is 1.78. The van der Waals surface area contributed by atoms with E-state index in [0.29, 0.717) is 11.1 Å². The molecule has 0 aliphatic carbocycles. The number of carboxylic acid groups (broad SMARTS) is 1. The van der Waals surface area contributed by atoms with Gasteiger partial charge in [0.15, 0.2) is 5.78 Å². The molecule has 0 radical (unpaired) electrons. The number of aliphatic carboxylic acids is 1. The van der Waals surface area contributed by atoms with Crippen LogP contribution in [0.15, 0.2) is 18.2 Å². The van der Waals surface area contributed by atoms with Gasteiger partial charge in [-0.2, -0.15) is 0 Å². The standard InChI is InChI=1S/C12H13ClO3/c1-7-4-3-5-9(12(13)8(2)14)10(7)6-11(15)16/h3-5,12H,6H2,1-2H3,(H,15,16). The molecule has 0 saturated carbocycles. The molecule has 1 aromatic rings. The summed E-state index contributed by atoms with van der Waals surface area (Å²) < 4.78 is 0. The van der Waals surface area contributed by atoms with Gasteiger partial charge in [-0.15, -0.1) is 11.6 Å². The maximum atomic E-state index is 11.2. The summed E-state index contributed by atoms with van der Waals surface area (Å²) in [5, 5.41) is 8.04. The molecule has 0 heterocycles. The van der Waals surface area contributed by atoms with E-state index in [1.807, 2.05) is 13.0 Å². The van der Waals surface area contributed by atoms with Crippen LogP contribution < -0.4 is 0 Å². The van der Waals surface area contributed by atoms with E-state index in [0.717, 1.165) is 5.56 Å². The average Bonchev–Trinajstić information content (AvgIpc) is 2.19. The molecule has 1 atom stereocenters. The molecule has 0 fully saturated rings. The zero-order chi connectivity index (χ0) is 12.3. The average molecular weight is 241 g/mol. The molecule has 0 amide bonds. The van der Waals surface area contributed by atoms with Crippen molar-refractivity contribution in [3.63, 3.8) is 0 Å². The van der Waals surface area contributed by atoms with Crippen LogP contribution >= 0.6 is 11.6 Å². The molecule has 1 unspecified atom stereocenters. The van der Waals surface area contributed by atoms with Crippen molar-refractivity contribution in [3.05, 3.63) is 34.9 Å². The number of carbonyl (C=O) groups is 2. The number of alkyl halides is 1. The van der Waals surface area contributed by atoms with Gasteiger partial charge in [-0.05, 0) is 30.5 Å². The third-order valence-corrected chi connectivity index (χ3v) is 2.95. The van der Waals surface area contributed by atoms with E-state index in [2.05, 4.69) is 0 Å². The van der Waals surface area contributed by atoms with E-state index in [1.165, 1.54) is 6.92 Å². The van der Waals surface area contributed by atoms with Gasteiger partial charge in [-0.1, -0.05) is 18.2 Å². The van der Waals surface area contributed by atoms with Crippen LogP contribution in [0, 0.1) is 6.92 Å². The zero-order valence-electron chi connectivity index (χ0n) is 9.16. The van der Waals surface area contributed by atoms with Gasteiger partial charge in [-0.25, -0.2) is 0 Å². The van der Waals surface area contributed by atoms with E-state index >= 15 is 0 Å². The summed E-state index contributed by atoms with van der Waals surface area (Å²) in [6.07, 6.45) is -0.113. The lowest BCUT2D eigenvalue weighted by atomic mass is 9.95. The summed E-state index contributed by atoms with van der Waals surface area (Å²) in [6.45, 7) is 3.20. The number of carboxylic acids is 1. The summed E-state index contributed by atoms with van der Waals surface area (Å²) >= 11 is 5.96. The van der Waals surface area contributed by atoms with Crippen LogP contribution in [0.4, 0.5) is 0 Å². The Balaban J connectivity index is 3.22. The van der Waals surface area contributed by atoms with Gasteiger partial charge in [0.05, 0.1) is 6.42 Å². The van der Waals surface area contributed by atoms with Crippen molar-refractivity contribution >= 4 is 23.4 Å². The van der Waals surface area contributed by atoms with E-state index in [9.17, 15) is 9.59 Å². The first-order chi connectivity index (χ1) is 7.43. The van der Waals surface area contributed by atoms with E-state index in [-0.39, 0.29) is 12.2 Å². The number of carbonyl (C=O) groups excluding carboxylic acids is 1. The Hall–Kier alpha value is -1.35. The smallest absolute Gasteiger partial charge is 0.307 e. The van der Waals surface area contributed by atoms with Crippen LogP contribution in [0.2, 0.25) is 0 Å². The molecule has 0 aliphatic rings. The number of hydrogen-bond donors (Lipinski definition) is 1. The molecular formula is C12H13ClO3. The molecule has 1 aromatic carbocycles. The Morgan fingerprint density at radius 2 is 2.06 bits per heavy atom. The third-order valence-electron chi connectivity index (χ3n) is 2.40. The van der Waals surface area contributed by atoms with Crippen molar-refractivity contribution in [2.45, 2.75) is 25.6 Å². The largest absolute Gasteiger partial charge is 0.481 e. The number of halogens is 1. The predicted octanol–water partition coefficient (Wildman–Crippen LogP) is 2.49. The normalized spacial score (nSPS) is 12.2. The first-order valence-electron chi connectivity index (χ1n) is 4.88. The lowest BCUT2D eigenvalue weighted by Gasteiger charge is -2.13. The van der Waals surface area contributed by atoms with Crippen molar-refractivity contribution in [2.75, 3.05) is 0 Å². The van der Waals surface area contributed by atoms with Crippen LogP contribution in [0.5, 0.6) is 0 Å². The van der Waals surface area contributed by atoms with Gasteiger partial charge in [0, 0.05) is 0 Å². The lowest BCUT2D eigenvalue weighted by molar-refractivity contribution is -0.136. The zero-order valence-corrected chi connectivity index (χ0v) is 9.91. The number of benzene rings is 1. The molecular weight excluding hydrogens is 228 g/mol. The molecule has 86 valence electrons. The summed E-state index contributed by atoms with van der Waals surface area (Å²) in [5.74, 6) is -1.11. The Morgan fingerprint density at radius 1 is 1.44 bits per heavy atom. The Kier molecular flexibility index (Phi) is 4.07. The topological polar surface area (TPSA) is 54.4 Å². The second-order valence-corrected chi connectivity index (χ2v) is 4.12. The van der Waals surface area contributed by atoms with Gasteiger partial charge in [0.25, 0.3) is 0 Å². The fourth-order valence-electron chi connectivity index (χ4n) is 1.57. The first kappa shape index (κ1) is 12.7. The van der Waals surface area contributed by atoms with Crippen molar-refractivity contribution in [1.82, 2.24) is 0 Å². The van der Waals surface area contributed by atoms with Crippen LogP contribution in [-0.4, -0.2) is 16.9 Å². The summed E-state index contributed by atoms with van der Waals surface area (Å²) in [6, 6.07) is 5.28. The predicted molar refractivity (Wildman–Crippen MR) is 61.8 cm³/mol. The molecule has 0 saturated heterocycles. The first-order valence-corrected chi connectivity index (χ1v) is 5.31. The highest BCUT2D eigenvalue weighted by Gasteiger charge is 2.19. The quantitative estimate of drug-likeness (QED) is 0.823. The highest BCUT2D eigenvalue weighted by atomic mass is 35.5.